The van der Waals surface area contributed by atoms with Crippen LogP contribution in [0.2, 0.25) is 0 Å². The molecule has 19 heavy (non-hydrogen) atoms. The fourth-order valence-corrected chi connectivity index (χ4v) is 2.40. The monoisotopic (exact) mass is 264 g/mol. The highest BCUT2D eigenvalue weighted by atomic mass is 19.1. The average Bonchev–Trinajstić information content (AvgIpc) is 3.12. The fraction of sp³-hybridized carbons (Fsp3) is 0.625. The van der Waals surface area contributed by atoms with E-state index in [1.54, 1.807) is 12.1 Å². The van der Waals surface area contributed by atoms with Crippen molar-refractivity contribution in [2.75, 3.05) is 25.0 Å². The summed E-state index contributed by atoms with van der Waals surface area (Å²) in [6.45, 7) is 7.03. The van der Waals surface area contributed by atoms with Crippen molar-refractivity contribution < 1.29 is 4.39 Å². The van der Waals surface area contributed by atoms with Gasteiger partial charge in [-0.25, -0.2) is 4.39 Å². The second-order valence-corrected chi connectivity index (χ2v) is 6.10. The van der Waals surface area contributed by atoms with E-state index in [2.05, 4.69) is 24.1 Å². The Bertz CT molecular complexity index is 413. The van der Waals surface area contributed by atoms with Crippen LogP contribution in [0.4, 0.5) is 10.1 Å². The van der Waals surface area contributed by atoms with Crippen LogP contribution >= 0.6 is 0 Å². The molecule has 0 amide bonds. The fourth-order valence-electron chi connectivity index (χ4n) is 2.40. The Hall–Kier alpha value is -1.09. The Balaban J connectivity index is 2.05. The molecule has 0 heterocycles. The second-order valence-electron chi connectivity index (χ2n) is 6.10. The lowest BCUT2D eigenvalue weighted by atomic mass is 10.1. The number of hydrogen-bond acceptors (Lipinski definition) is 2. The molecule has 0 radical (unpaired) electrons. The molecular weight excluding hydrogens is 239 g/mol. The third-order valence-corrected chi connectivity index (χ3v) is 3.55. The lowest BCUT2D eigenvalue weighted by molar-refractivity contribution is 0.549. The molecule has 1 aromatic carbocycles. The van der Waals surface area contributed by atoms with Crippen LogP contribution in [0, 0.1) is 17.7 Å². The Morgan fingerprint density at radius 3 is 2.74 bits per heavy atom. The number of nitrogens with one attached hydrogen (secondary N) is 1. The molecule has 1 aliphatic carbocycles. The highest BCUT2D eigenvalue weighted by molar-refractivity contribution is 5.54. The van der Waals surface area contributed by atoms with Crippen LogP contribution in [0.3, 0.4) is 0 Å². The number of halogens is 1. The molecule has 106 valence electrons. The molecule has 0 spiro atoms. The Kier molecular flexibility index (Phi) is 4.81. The van der Waals surface area contributed by atoms with Gasteiger partial charge < -0.3 is 10.2 Å². The predicted octanol–water partition coefficient (Wildman–Crippen LogP) is 3.42. The van der Waals surface area contributed by atoms with E-state index in [9.17, 15) is 4.39 Å². The van der Waals surface area contributed by atoms with E-state index in [4.69, 9.17) is 0 Å². The first-order valence-electron chi connectivity index (χ1n) is 7.27. The summed E-state index contributed by atoms with van der Waals surface area (Å²) in [5.41, 5.74) is 1.83. The van der Waals surface area contributed by atoms with Crippen molar-refractivity contribution in [1.29, 1.82) is 0 Å². The van der Waals surface area contributed by atoms with Crippen molar-refractivity contribution in [2.45, 2.75) is 33.2 Å². The smallest absolute Gasteiger partial charge is 0.146 e. The third kappa shape index (κ3) is 4.20. The van der Waals surface area contributed by atoms with Crippen LogP contribution in [0.15, 0.2) is 18.2 Å². The van der Waals surface area contributed by atoms with Crippen molar-refractivity contribution in [3.05, 3.63) is 29.6 Å². The second kappa shape index (κ2) is 6.38. The topological polar surface area (TPSA) is 15.3 Å². The quantitative estimate of drug-likeness (QED) is 0.812. The van der Waals surface area contributed by atoms with Gasteiger partial charge in [-0.15, -0.1) is 0 Å². The Labute approximate surface area is 116 Å². The van der Waals surface area contributed by atoms with Crippen molar-refractivity contribution in [3.63, 3.8) is 0 Å². The van der Waals surface area contributed by atoms with Gasteiger partial charge in [-0.05, 0) is 42.9 Å². The van der Waals surface area contributed by atoms with E-state index in [-0.39, 0.29) is 5.82 Å². The molecule has 1 aliphatic rings. The molecule has 1 saturated carbocycles. The maximum atomic E-state index is 14.1. The minimum atomic E-state index is -0.105. The summed E-state index contributed by atoms with van der Waals surface area (Å²) in [6, 6.07) is 5.38. The minimum absolute atomic E-state index is 0.105. The highest BCUT2D eigenvalue weighted by Gasteiger charge is 2.24. The number of anilines is 1. The maximum Gasteiger partial charge on any atom is 0.146 e. The summed E-state index contributed by atoms with van der Waals surface area (Å²) in [5, 5.41) is 3.40. The predicted molar refractivity (Wildman–Crippen MR) is 78.9 cm³/mol. The summed E-state index contributed by atoms with van der Waals surface area (Å²) < 4.78 is 14.1. The molecule has 0 saturated heterocycles. The van der Waals surface area contributed by atoms with Crippen LogP contribution in [0.5, 0.6) is 0 Å². The molecule has 0 aromatic heterocycles. The first-order valence-corrected chi connectivity index (χ1v) is 7.27. The van der Waals surface area contributed by atoms with Gasteiger partial charge in [0.2, 0.25) is 0 Å². The molecule has 3 heteroatoms. The number of benzene rings is 1. The average molecular weight is 264 g/mol. The van der Waals surface area contributed by atoms with Gasteiger partial charge in [0.25, 0.3) is 0 Å². The molecule has 0 unspecified atom stereocenters. The SMILES string of the molecule is CC(C)CNCc1cccc(F)c1N(C)CC1CC1. The van der Waals surface area contributed by atoms with E-state index in [1.165, 1.54) is 12.8 Å². The molecule has 0 aliphatic heterocycles. The van der Waals surface area contributed by atoms with Crippen LogP contribution in [0.1, 0.15) is 32.3 Å². The molecular formula is C16H25FN2. The van der Waals surface area contributed by atoms with Crippen molar-refractivity contribution in [1.82, 2.24) is 5.32 Å². The van der Waals surface area contributed by atoms with Gasteiger partial charge in [0, 0.05) is 20.1 Å². The van der Waals surface area contributed by atoms with Crippen molar-refractivity contribution in [2.24, 2.45) is 11.8 Å². The third-order valence-electron chi connectivity index (χ3n) is 3.55. The number of nitrogens with zero attached hydrogens (tertiary/aromatic N) is 1. The largest absolute Gasteiger partial charge is 0.372 e. The van der Waals surface area contributed by atoms with Gasteiger partial charge in [0.15, 0.2) is 0 Å². The van der Waals surface area contributed by atoms with Gasteiger partial charge in [-0.3, -0.25) is 0 Å². The normalized spacial score (nSPS) is 15.0. The van der Waals surface area contributed by atoms with Crippen LogP contribution in [-0.2, 0) is 6.54 Å². The van der Waals surface area contributed by atoms with Gasteiger partial charge in [0.05, 0.1) is 5.69 Å². The van der Waals surface area contributed by atoms with E-state index in [1.807, 2.05) is 13.1 Å². The first-order chi connectivity index (χ1) is 9.08. The van der Waals surface area contributed by atoms with Crippen LogP contribution in [-0.4, -0.2) is 20.1 Å². The Morgan fingerprint density at radius 2 is 2.11 bits per heavy atom. The zero-order valence-electron chi connectivity index (χ0n) is 12.2. The van der Waals surface area contributed by atoms with Gasteiger partial charge in [-0.2, -0.15) is 0 Å². The molecule has 0 atom stereocenters. The molecule has 1 N–H and O–H groups in total. The molecule has 2 rings (SSSR count). The number of rotatable bonds is 7. The van der Waals surface area contributed by atoms with Crippen LogP contribution in [0.25, 0.3) is 0 Å². The van der Waals surface area contributed by atoms with E-state index < -0.39 is 0 Å². The Morgan fingerprint density at radius 1 is 1.37 bits per heavy atom. The maximum absolute atomic E-state index is 14.1. The zero-order valence-corrected chi connectivity index (χ0v) is 12.2. The summed E-state index contributed by atoms with van der Waals surface area (Å²) >= 11 is 0. The summed E-state index contributed by atoms with van der Waals surface area (Å²) in [7, 11) is 2.00. The first kappa shape index (κ1) is 14.3. The number of para-hydroxylation sites is 1. The molecule has 2 nitrogen and oxygen atoms in total. The van der Waals surface area contributed by atoms with E-state index in [0.29, 0.717) is 5.92 Å². The van der Waals surface area contributed by atoms with Gasteiger partial charge >= 0.3 is 0 Å². The molecule has 1 aromatic rings. The van der Waals surface area contributed by atoms with Crippen LogP contribution < -0.4 is 10.2 Å². The summed E-state index contributed by atoms with van der Waals surface area (Å²) in [5.74, 6) is 1.27. The molecule has 0 bridgehead atoms. The lowest BCUT2D eigenvalue weighted by Gasteiger charge is -2.23. The van der Waals surface area contributed by atoms with E-state index >= 15 is 0 Å². The minimum Gasteiger partial charge on any atom is -0.372 e. The summed E-state index contributed by atoms with van der Waals surface area (Å²) in [4.78, 5) is 2.08. The van der Waals surface area contributed by atoms with Gasteiger partial charge in [0.1, 0.15) is 5.82 Å². The standard InChI is InChI=1S/C16H25FN2/c1-12(2)9-18-10-14-5-4-6-15(17)16(14)19(3)11-13-7-8-13/h4-6,12-13,18H,7-11H2,1-3H3. The summed E-state index contributed by atoms with van der Waals surface area (Å²) in [6.07, 6.45) is 2.58. The molecule has 1 fully saturated rings. The van der Waals surface area contributed by atoms with E-state index in [0.717, 1.165) is 36.8 Å². The van der Waals surface area contributed by atoms with Crippen molar-refractivity contribution in [3.8, 4) is 0 Å². The lowest BCUT2D eigenvalue weighted by Crippen LogP contribution is -2.25. The van der Waals surface area contributed by atoms with Crippen molar-refractivity contribution >= 4 is 5.69 Å². The highest BCUT2D eigenvalue weighted by Crippen LogP contribution is 2.32. The zero-order chi connectivity index (χ0) is 13.8. The van der Waals surface area contributed by atoms with Gasteiger partial charge in [-0.1, -0.05) is 26.0 Å². The number of hydrogen-bond donors (Lipinski definition) is 1.